The van der Waals surface area contributed by atoms with Gasteiger partial charge >= 0.3 is 206 Å². The second-order valence-electron chi connectivity index (χ2n) is 4.81. The molecule has 3 aliphatic rings. The van der Waals surface area contributed by atoms with E-state index in [1.54, 1.807) is 36.5 Å². The summed E-state index contributed by atoms with van der Waals surface area (Å²) in [6, 6.07) is 0. The van der Waals surface area contributed by atoms with Crippen molar-refractivity contribution in [3.05, 3.63) is 69.6 Å². The van der Waals surface area contributed by atoms with Crippen LogP contribution in [0.3, 0.4) is 0 Å². The maximum atomic E-state index is 10.3. The monoisotopic (exact) mass is 648 g/mol. The second kappa shape index (κ2) is 18.7. The van der Waals surface area contributed by atoms with Crippen LogP contribution in [0.25, 0.3) is 0 Å². The zero-order chi connectivity index (χ0) is 20.1. The van der Waals surface area contributed by atoms with Gasteiger partial charge in [0.15, 0.2) is 0 Å². The summed E-state index contributed by atoms with van der Waals surface area (Å²) in [5.74, 6) is -2.39. The summed E-state index contributed by atoms with van der Waals surface area (Å²) in [5, 5.41) is 27.1. The number of carbonyl (C=O) groups excluding carboxylic acids is 1. The third kappa shape index (κ3) is 14.5. The first-order valence-corrected chi connectivity index (χ1v) is 13.5. The Bertz CT molecular complexity index is 623. The summed E-state index contributed by atoms with van der Waals surface area (Å²) >= 11 is 0.314. The largest absolute Gasteiger partial charge is 1.00 e. The number of rotatable bonds is 3. The minimum atomic E-state index is -0.962. The quantitative estimate of drug-likeness (QED) is 0.332. The zero-order valence-electron chi connectivity index (χ0n) is 15.3. The zero-order valence-corrected chi connectivity index (χ0v) is 23.5. The van der Waals surface area contributed by atoms with Crippen molar-refractivity contribution in [3.63, 3.8) is 0 Å². The molecule has 11 heteroatoms. The molecule has 6 nitrogen and oxygen atoms in total. The fourth-order valence-corrected chi connectivity index (χ4v) is 5.64. The fraction of sp³-hybridized carbons (Fsp3) is 0.167. The Kier molecular flexibility index (Phi) is 20.0. The van der Waals surface area contributed by atoms with Crippen molar-refractivity contribution in [2.24, 2.45) is 0 Å². The smallest absolute Gasteiger partial charge is 0 e. The molecule has 0 radical (unpaired) electrons. The molecule has 0 saturated heterocycles. The van der Waals surface area contributed by atoms with Gasteiger partial charge in [-0.05, 0) is 0 Å². The standard InChI is InChI=1S/3C6H6O2Se.Fe.Na/c3*7-6(8)5-3-1-2-4-9-5;;/h3*1-5H,(H,7,8);;/q;;;;+1/p-1. The Morgan fingerprint density at radius 3 is 1.10 bits per heavy atom. The average Bonchev–Trinajstić information content (AvgIpc) is 2.71. The third-order valence-corrected chi connectivity index (χ3v) is 8.88. The van der Waals surface area contributed by atoms with E-state index in [1.165, 1.54) is 0 Å². The van der Waals surface area contributed by atoms with E-state index in [4.69, 9.17) is 10.2 Å². The van der Waals surface area contributed by atoms with Crippen molar-refractivity contribution < 1.29 is 76.3 Å². The Balaban J connectivity index is 0. The second-order valence-corrected chi connectivity index (χ2v) is 11.4. The number of allylic oxidation sites excluding steroid dienone is 6. The van der Waals surface area contributed by atoms with Gasteiger partial charge in [-0.1, -0.05) is 0 Å². The molecule has 0 fully saturated rings. The average molecular weight is 645 g/mol. The molecule has 0 aromatic heterocycles. The van der Waals surface area contributed by atoms with Crippen LogP contribution in [0, 0.1) is 0 Å². The van der Waals surface area contributed by atoms with Crippen molar-refractivity contribution >= 4 is 62.8 Å². The Hall–Kier alpha value is -0.0721. The Labute approximate surface area is 221 Å². The molecule has 0 aliphatic carbocycles. The Morgan fingerprint density at radius 2 is 0.966 bits per heavy atom. The first-order valence-electron chi connectivity index (χ1n) is 7.54. The van der Waals surface area contributed by atoms with Gasteiger partial charge in [0.05, 0.1) is 0 Å². The molecule has 2 N–H and O–H groups in total. The molecule has 3 rings (SSSR count). The van der Waals surface area contributed by atoms with Gasteiger partial charge in [0.2, 0.25) is 0 Å². The molecule has 3 unspecified atom stereocenters. The SMILES string of the molecule is O=C(O)C1C=CC=C[Se]1.O=C(O)C1C=CC=C[Se]1.O=C([O-])C1C=CC=C[Se]1.[Fe].[Na+]. The van der Waals surface area contributed by atoms with Crippen LogP contribution in [0.2, 0.25) is 14.4 Å². The van der Waals surface area contributed by atoms with E-state index < -0.39 is 17.9 Å². The van der Waals surface area contributed by atoms with Gasteiger partial charge in [-0.25, -0.2) is 0 Å². The fourth-order valence-electron chi connectivity index (χ4n) is 1.57. The number of carboxylic acid groups (broad SMARTS) is 3. The van der Waals surface area contributed by atoms with Gasteiger partial charge in [-0.15, -0.1) is 0 Å². The molecule has 0 amide bonds. The summed E-state index contributed by atoms with van der Waals surface area (Å²) < 4.78 is 0. The molecule has 3 atom stereocenters. The number of hydrogen-bond acceptors (Lipinski definition) is 4. The van der Waals surface area contributed by atoms with E-state index in [0.717, 1.165) is 0 Å². The summed E-state index contributed by atoms with van der Waals surface area (Å²) in [5.41, 5.74) is 0. The van der Waals surface area contributed by atoms with Gasteiger partial charge < -0.3 is 0 Å². The summed E-state index contributed by atoms with van der Waals surface area (Å²) in [6.45, 7) is 0. The van der Waals surface area contributed by atoms with Crippen molar-refractivity contribution in [2.75, 3.05) is 0 Å². The summed E-state index contributed by atoms with van der Waals surface area (Å²) in [7, 11) is 0. The Morgan fingerprint density at radius 1 is 0.655 bits per heavy atom. The van der Waals surface area contributed by atoms with E-state index in [0.29, 0.717) is 0 Å². The molecular formula is C18H17FeNaO6Se3. The molecular weight excluding hydrogens is 628 g/mol. The van der Waals surface area contributed by atoms with Crippen LogP contribution >= 0.6 is 0 Å². The predicted octanol–water partition coefficient (Wildman–Crippen LogP) is -2.39. The molecule has 0 aromatic rings. The van der Waals surface area contributed by atoms with Crippen LogP contribution in [0.15, 0.2) is 69.6 Å². The molecule has 0 saturated carbocycles. The number of carboxylic acids is 3. The summed E-state index contributed by atoms with van der Waals surface area (Å²) in [6.07, 6.45) is 16.1. The van der Waals surface area contributed by atoms with Crippen molar-refractivity contribution in [2.45, 2.75) is 14.4 Å². The molecule has 29 heavy (non-hydrogen) atoms. The van der Waals surface area contributed by atoms with Crippen molar-refractivity contribution in [1.82, 2.24) is 0 Å². The van der Waals surface area contributed by atoms with E-state index in [1.807, 2.05) is 33.2 Å². The third-order valence-electron chi connectivity index (χ3n) is 2.82. The van der Waals surface area contributed by atoms with Crippen molar-refractivity contribution in [3.8, 4) is 0 Å². The predicted molar refractivity (Wildman–Crippen MR) is 104 cm³/mol. The van der Waals surface area contributed by atoms with Crippen LogP contribution < -0.4 is 34.7 Å². The van der Waals surface area contributed by atoms with Gasteiger partial charge in [-0.3, -0.25) is 0 Å². The van der Waals surface area contributed by atoms with E-state index in [9.17, 15) is 19.5 Å². The molecule has 0 aromatic carbocycles. The van der Waals surface area contributed by atoms with Gasteiger partial charge in [-0.2, -0.15) is 0 Å². The van der Waals surface area contributed by atoms with Crippen LogP contribution in [0.5, 0.6) is 0 Å². The first kappa shape index (κ1) is 31.1. The number of carbonyl (C=O) groups is 3. The van der Waals surface area contributed by atoms with E-state index in [2.05, 4.69) is 0 Å². The van der Waals surface area contributed by atoms with Crippen LogP contribution in [0.1, 0.15) is 0 Å². The van der Waals surface area contributed by atoms with Gasteiger partial charge in [0, 0.05) is 17.1 Å². The molecule has 0 spiro atoms. The van der Waals surface area contributed by atoms with Crippen LogP contribution in [-0.2, 0) is 31.5 Å². The van der Waals surface area contributed by atoms with E-state index in [-0.39, 0.29) is 106 Å². The molecule has 152 valence electrons. The molecule has 3 aliphatic heterocycles. The normalized spacial score (nSPS) is 22.6. The minimum Gasteiger partial charge on any atom is 0 e. The van der Waals surface area contributed by atoms with Crippen molar-refractivity contribution in [1.29, 1.82) is 0 Å². The topological polar surface area (TPSA) is 115 Å². The van der Waals surface area contributed by atoms with Crippen LogP contribution in [0.4, 0.5) is 0 Å². The minimum absolute atomic E-state index is 0. The van der Waals surface area contributed by atoms with Gasteiger partial charge in [0.25, 0.3) is 0 Å². The molecule has 0 bridgehead atoms. The maximum absolute atomic E-state index is 10.3. The summed E-state index contributed by atoms with van der Waals surface area (Å²) in [4.78, 5) is 35.7. The maximum Gasteiger partial charge on any atom is 1.00 e. The van der Waals surface area contributed by atoms with E-state index >= 15 is 0 Å². The van der Waals surface area contributed by atoms with Gasteiger partial charge in [0.1, 0.15) is 0 Å². The van der Waals surface area contributed by atoms with Crippen LogP contribution in [-0.4, -0.2) is 73.0 Å². The molecule has 3 heterocycles. The number of aliphatic carboxylic acids is 3. The first-order chi connectivity index (χ1) is 12.9. The number of hydrogen-bond donors (Lipinski definition) is 2.